The number of aryl methyl sites for hydroxylation is 1. The summed E-state index contributed by atoms with van der Waals surface area (Å²) in [5.41, 5.74) is 5.22. The number of imidazole rings is 1. The Morgan fingerprint density at radius 2 is 2.12 bits per heavy atom. The molecule has 0 aliphatic carbocycles. The number of carbonyl (C=O) groups is 1. The molecule has 0 atom stereocenters. The third kappa shape index (κ3) is 3.80. The smallest absolute Gasteiger partial charge is 0.250 e. The average molecular weight is 339 g/mol. The van der Waals surface area contributed by atoms with Crippen LogP contribution in [0.3, 0.4) is 0 Å². The van der Waals surface area contributed by atoms with Crippen LogP contribution in [0.2, 0.25) is 0 Å². The van der Waals surface area contributed by atoms with Crippen LogP contribution in [0.4, 0.5) is 0 Å². The van der Waals surface area contributed by atoms with E-state index in [-0.39, 0.29) is 11.7 Å². The number of rotatable bonds is 6. The number of aromatic nitrogens is 3. The highest BCUT2D eigenvalue weighted by atomic mass is 32.2. The molecule has 3 aromatic rings. The Morgan fingerprint density at radius 1 is 1.29 bits per heavy atom. The number of carbonyl (C=O) groups excluding carboxylic acids is 1. The number of pyridine rings is 1. The molecule has 0 bridgehead atoms. The lowest BCUT2D eigenvalue weighted by atomic mass is 10.3. The molecule has 2 heterocycles. The van der Waals surface area contributed by atoms with Crippen LogP contribution < -0.4 is 5.43 Å². The molecular weight excluding hydrogens is 322 g/mol. The Hall–Kier alpha value is -2.67. The van der Waals surface area contributed by atoms with Crippen molar-refractivity contribution in [3.05, 3.63) is 54.4 Å². The zero-order valence-electron chi connectivity index (χ0n) is 13.2. The molecule has 0 fully saturated rings. The van der Waals surface area contributed by atoms with Crippen molar-refractivity contribution in [2.75, 3.05) is 5.75 Å². The number of para-hydroxylation sites is 2. The molecule has 0 radical (unpaired) electrons. The molecule has 1 amide bonds. The van der Waals surface area contributed by atoms with E-state index in [4.69, 9.17) is 0 Å². The number of fused-ring (bicyclic) bond motifs is 1. The second kappa shape index (κ2) is 7.74. The predicted molar refractivity (Wildman–Crippen MR) is 96.1 cm³/mol. The van der Waals surface area contributed by atoms with Crippen LogP contribution in [0.15, 0.2) is 58.9 Å². The van der Waals surface area contributed by atoms with Crippen molar-refractivity contribution < 1.29 is 4.79 Å². The van der Waals surface area contributed by atoms with E-state index in [0.29, 0.717) is 5.69 Å². The van der Waals surface area contributed by atoms with Gasteiger partial charge in [-0.15, -0.1) is 0 Å². The lowest BCUT2D eigenvalue weighted by molar-refractivity contribution is -0.118. The van der Waals surface area contributed by atoms with Crippen molar-refractivity contribution in [2.45, 2.75) is 18.6 Å². The second-order valence-electron chi connectivity index (χ2n) is 4.96. The zero-order valence-corrected chi connectivity index (χ0v) is 14.0. The van der Waals surface area contributed by atoms with Gasteiger partial charge in [0.15, 0.2) is 5.16 Å². The van der Waals surface area contributed by atoms with Crippen LogP contribution in [0.25, 0.3) is 11.0 Å². The Bertz CT molecular complexity index is 860. The fourth-order valence-electron chi connectivity index (χ4n) is 2.25. The normalized spacial score (nSPS) is 11.2. The maximum Gasteiger partial charge on any atom is 0.250 e. The molecule has 1 N–H and O–H groups in total. The Kier molecular flexibility index (Phi) is 5.22. The van der Waals surface area contributed by atoms with Crippen LogP contribution in [-0.4, -0.2) is 32.4 Å². The monoisotopic (exact) mass is 339 g/mol. The first-order chi connectivity index (χ1) is 11.8. The topological polar surface area (TPSA) is 72.2 Å². The van der Waals surface area contributed by atoms with Gasteiger partial charge >= 0.3 is 0 Å². The molecule has 24 heavy (non-hydrogen) atoms. The maximum absolute atomic E-state index is 11.9. The minimum absolute atomic E-state index is 0.179. The van der Waals surface area contributed by atoms with Crippen LogP contribution in [0.5, 0.6) is 0 Å². The summed E-state index contributed by atoms with van der Waals surface area (Å²) >= 11 is 1.40. The van der Waals surface area contributed by atoms with E-state index in [1.807, 2.05) is 42.5 Å². The quantitative estimate of drug-likeness (QED) is 0.426. The largest absolute Gasteiger partial charge is 0.319 e. The summed E-state index contributed by atoms with van der Waals surface area (Å²) in [5, 5.41) is 4.75. The van der Waals surface area contributed by atoms with E-state index in [9.17, 15) is 4.79 Å². The van der Waals surface area contributed by atoms with Gasteiger partial charge in [0.25, 0.3) is 5.91 Å². The summed E-state index contributed by atoms with van der Waals surface area (Å²) in [7, 11) is 0. The molecule has 3 rings (SSSR count). The van der Waals surface area contributed by atoms with Crippen LogP contribution in [0.1, 0.15) is 12.6 Å². The van der Waals surface area contributed by atoms with Crippen molar-refractivity contribution in [1.82, 2.24) is 20.0 Å². The molecular formula is C17H17N5OS. The lowest BCUT2D eigenvalue weighted by Crippen LogP contribution is -2.20. The molecule has 6 nitrogen and oxygen atoms in total. The number of benzene rings is 1. The van der Waals surface area contributed by atoms with Gasteiger partial charge in [0.1, 0.15) is 0 Å². The van der Waals surface area contributed by atoms with Gasteiger partial charge in [0.2, 0.25) is 0 Å². The number of hydrogen-bond donors (Lipinski definition) is 1. The van der Waals surface area contributed by atoms with Crippen LogP contribution in [-0.2, 0) is 11.3 Å². The number of hydrogen-bond acceptors (Lipinski definition) is 5. The summed E-state index contributed by atoms with van der Waals surface area (Å²) in [6, 6.07) is 13.5. The fraction of sp³-hybridized carbons (Fsp3) is 0.176. The Morgan fingerprint density at radius 3 is 2.92 bits per heavy atom. The molecule has 7 heteroatoms. The minimum atomic E-state index is -0.179. The molecule has 122 valence electrons. The highest BCUT2D eigenvalue weighted by Gasteiger charge is 2.11. The SMILES string of the molecule is CCn1c(SCC(=O)N/N=C/c2ccccn2)nc2ccccc21. The summed E-state index contributed by atoms with van der Waals surface area (Å²) < 4.78 is 2.10. The molecule has 0 unspecified atom stereocenters. The van der Waals surface area contributed by atoms with Crippen LogP contribution >= 0.6 is 11.8 Å². The van der Waals surface area contributed by atoms with Crippen molar-refractivity contribution in [2.24, 2.45) is 5.10 Å². The van der Waals surface area contributed by atoms with Crippen molar-refractivity contribution >= 4 is 34.9 Å². The number of hydrazone groups is 1. The predicted octanol–water partition coefficient (Wildman–Crippen LogP) is 2.69. The first-order valence-corrected chi connectivity index (χ1v) is 8.57. The number of nitrogens with zero attached hydrogens (tertiary/aromatic N) is 4. The lowest BCUT2D eigenvalue weighted by Gasteiger charge is -2.04. The Labute approximate surface area is 144 Å². The number of nitrogens with one attached hydrogen (secondary N) is 1. The Balaban J connectivity index is 1.59. The van der Waals surface area contributed by atoms with Gasteiger partial charge in [-0.1, -0.05) is 30.0 Å². The fourth-order valence-corrected chi connectivity index (χ4v) is 3.13. The standard InChI is InChI=1S/C17H17N5OS/c1-2-22-15-9-4-3-8-14(15)20-17(22)24-12-16(23)21-19-11-13-7-5-6-10-18-13/h3-11H,2,12H2,1H3,(H,21,23)/b19-11+. The van der Waals surface area contributed by atoms with Gasteiger partial charge in [-0.05, 0) is 31.2 Å². The highest BCUT2D eigenvalue weighted by Crippen LogP contribution is 2.23. The molecule has 0 spiro atoms. The minimum Gasteiger partial charge on any atom is -0.319 e. The zero-order chi connectivity index (χ0) is 16.8. The summed E-state index contributed by atoms with van der Waals surface area (Å²) in [5.74, 6) is 0.0741. The van der Waals surface area contributed by atoms with Crippen molar-refractivity contribution in [1.29, 1.82) is 0 Å². The van der Waals surface area contributed by atoms with Gasteiger partial charge < -0.3 is 4.57 Å². The summed E-state index contributed by atoms with van der Waals surface area (Å²) in [6.45, 7) is 2.87. The van der Waals surface area contributed by atoms with Gasteiger partial charge in [0, 0.05) is 12.7 Å². The van der Waals surface area contributed by atoms with E-state index in [2.05, 4.69) is 32.0 Å². The van der Waals surface area contributed by atoms with E-state index in [1.54, 1.807) is 6.20 Å². The third-order valence-corrected chi connectivity index (χ3v) is 4.32. The highest BCUT2D eigenvalue weighted by molar-refractivity contribution is 7.99. The molecule has 2 aromatic heterocycles. The first kappa shape index (κ1) is 16.2. The number of thioether (sulfide) groups is 1. The first-order valence-electron chi connectivity index (χ1n) is 7.59. The number of amides is 1. The molecule has 0 aliphatic rings. The van der Waals surface area contributed by atoms with E-state index in [0.717, 1.165) is 22.7 Å². The van der Waals surface area contributed by atoms with Crippen molar-refractivity contribution in [3.63, 3.8) is 0 Å². The van der Waals surface area contributed by atoms with Gasteiger partial charge in [-0.2, -0.15) is 5.10 Å². The van der Waals surface area contributed by atoms with Crippen molar-refractivity contribution in [3.8, 4) is 0 Å². The molecule has 0 aliphatic heterocycles. The molecule has 1 aromatic carbocycles. The van der Waals surface area contributed by atoms with Crippen LogP contribution in [0, 0.1) is 0 Å². The maximum atomic E-state index is 11.9. The second-order valence-corrected chi connectivity index (χ2v) is 5.91. The van der Waals surface area contributed by atoms with Gasteiger partial charge in [0.05, 0.1) is 28.7 Å². The van der Waals surface area contributed by atoms with E-state index >= 15 is 0 Å². The van der Waals surface area contributed by atoms with E-state index < -0.39 is 0 Å². The summed E-state index contributed by atoms with van der Waals surface area (Å²) in [6.07, 6.45) is 3.19. The third-order valence-electron chi connectivity index (χ3n) is 3.34. The van der Waals surface area contributed by atoms with E-state index in [1.165, 1.54) is 18.0 Å². The molecule has 0 saturated heterocycles. The molecule has 0 saturated carbocycles. The summed E-state index contributed by atoms with van der Waals surface area (Å²) in [4.78, 5) is 20.6. The average Bonchev–Trinajstić information content (AvgIpc) is 2.98. The van der Waals surface area contributed by atoms with Gasteiger partial charge in [-0.3, -0.25) is 9.78 Å². The van der Waals surface area contributed by atoms with Gasteiger partial charge in [-0.25, -0.2) is 10.4 Å².